The van der Waals surface area contributed by atoms with Gasteiger partial charge in [-0.05, 0) is 19.1 Å². The van der Waals surface area contributed by atoms with Gasteiger partial charge in [0, 0.05) is 11.6 Å². The first-order valence-electron chi connectivity index (χ1n) is 5.37. The fourth-order valence-corrected chi connectivity index (χ4v) is 1.63. The van der Waals surface area contributed by atoms with Crippen LogP contribution in [0.4, 0.5) is 0 Å². The van der Waals surface area contributed by atoms with Gasteiger partial charge in [-0.1, -0.05) is 18.2 Å². The lowest BCUT2D eigenvalue weighted by atomic mass is 10.2. The summed E-state index contributed by atoms with van der Waals surface area (Å²) in [6, 6.07) is 9.92. The number of aromatic nitrogens is 1. The van der Waals surface area contributed by atoms with E-state index in [4.69, 9.17) is 9.47 Å². The summed E-state index contributed by atoms with van der Waals surface area (Å²) in [4.78, 5) is 4.34. The minimum absolute atomic E-state index is 0.0864. The molecular weight excluding hydrogens is 202 g/mol. The Morgan fingerprint density at radius 3 is 3.00 bits per heavy atom. The van der Waals surface area contributed by atoms with Crippen LogP contribution in [-0.4, -0.2) is 23.8 Å². The highest BCUT2D eigenvalue weighted by molar-refractivity contribution is 5.84. The normalized spacial score (nSPS) is 23.3. The molecule has 0 saturated carbocycles. The Balaban J connectivity index is 1.90. The van der Waals surface area contributed by atoms with E-state index in [1.165, 1.54) is 0 Å². The van der Waals surface area contributed by atoms with Gasteiger partial charge in [-0.25, -0.2) is 0 Å². The Morgan fingerprint density at radius 2 is 2.19 bits per heavy atom. The molecule has 82 valence electrons. The van der Waals surface area contributed by atoms with Crippen molar-refractivity contribution in [3.63, 3.8) is 0 Å². The van der Waals surface area contributed by atoms with E-state index in [1.54, 1.807) is 6.20 Å². The molecule has 1 aliphatic heterocycles. The number of ether oxygens (including phenoxy) is 2. The van der Waals surface area contributed by atoms with Gasteiger partial charge in [0.25, 0.3) is 0 Å². The highest BCUT2D eigenvalue weighted by Gasteiger charge is 2.40. The second-order valence-electron chi connectivity index (χ2n) is 4.36. The van der Waals surface area contributed by atoms with Crippen LogP contribution in [0.5, 0.6) is 5.75 Å². The predicted octanol–water partition coefficient (Wildman–Crippen LogP) is 2.40. The van der Waals surface area contributed by atoms with Crippen molar-refractivity contribution in [1.82, 2.24) is 4.98 Å². The summed E-state index contributed by atoms with van der Waals surface area (Å²) in [7, 11) is 0. The number of fused-ring (bicyclic) bond motifs is 1. The molecule has 3 heteroatoms. The van der Waals surface area contributed by atoms with Crippen molar-refractivity contribution in [3.8, 4) is 5.75 Å². The summed E-state index contributed by atoms with van der Waals surface area (Å²) in [5, 5.41) is 1.10. The van der Waals surface area contributed by atoms with Crippen molar-refractivity contribution < 1.29 is 9.47 Å². The third-order valence-electron chi connectivity index (χ3n) is 2.77. The minimum atomic E-state index is -0.0864. The minimum Gasteiger partial charge on any atom is -0.488 e. The van der Waals surface area contributed by atoms with Gasteiger partial charge in [0.1, 0.15) is 23.5 Å². The van der Waals surface area contributed by atoms with Gasteiger partial charge in [0.2, 0.25) is 0 Å². The summed E-state index contributed by atoms with van der Waals surface area (Å²) in [6.45, 7) is 3.42. The fraction of sp³-hybridized carbons (Fsp3) is 0.308. The number of hydrogen-bond donors (Lipinski definition) is 0. The molecule has 1 atom stereocenters. The Bertz CT molecular complexity index is 515. The number of para-hydroxylation sites is 1. The van der Waals surface area contributed by atoms with E-state index < -0.39 is 0 Å². The van der Waals surface area contributed by atoms with Crippen molar-refractivity contribution in [2.75, 3.05) is 13.2 Å². The molecule has 1 unspecified atom stereocenters. The second-order valence-corrected chi connectivity index (χ2v) is 4.36. The highest BCUT2D eigenvalue weighted by atomic mass is 16.6. The van der Waals surface area contributed by atoms with Crippen LogP contribution in [0, 0.1) is 0 Å². The van der Waals surface area contributed by atoms with Crippen molar-refractivity contribution in [2.24, 2.45) is 0 Å². The highest BCUT2D eigenvalue weighted by Crippen LogP contribution is 2.29. The number of pyridine rings is 1. The average molecular weight is 215 g/mol. The lowest BCUT2D eigenvalue weighted by molar-refractivity contribution is 0.204. The van der Waals surface area contributed by atoms with E-state index in [-0.39, 0.29) is 5.60 Å². The first-order chi connectivity index (χ1) is 7.77. The maximum absolute atomic E-state index is 5.76. The van der Waals surface area contributed by atoms with Crippen LogP contribution in [0.25, 0.3) is 10.9 Å². The Kier molecular flexibility index (Phi) is 2.07. The number of nitrogens with zero attached hydrogens (tertiary/aromatic N) is 1. The second kappa shape index (κ2) is 3.46. The topological polar surface area (TPSA) is 34.6 Å². The molecule has 0 spiro atoms. The van der Waals surface area contributed by atoms with E-state index in [0.717, 1.165) is 23.3 Å². The largest absolute Gasteiger partial charge is 0.488 e. The smallest absolute Gasteiger partial charge is 0.145 e. The van der Waals surface area contributed by atoms with Crippen LogP contribution in [0.15, 0.2) is 36.5 Å². The zero-order valence-corrected chi connectivity index (χ0v) is 9.14. The molecule has 0 aliphatic carbocycles. The molecule has 1 aromatic carbocycles. The molecule has 0 amide bonds. The molecule has 0 N–H and O–H groups in total. The lowest BCUT2D eigenvalue weighted by Gasteiger charge is -2.10. The maximum atomic E-state index is 5.76. The first-order valence-corrected chi connectivity index (χ1v) is 5.37. The van der Waals surface area contributed by atoms with Crippen LogP contribution in [0.1, 0.15) is 6.92 Å². The van der Waals surface area contributed by atoms with Crippen LogP contribution >= 0.6 is 0 Å². The van der Waals surface area contributed by atoms with Gasteiger partial charge < -0.3 is 9.47 Å². The molecule has 1 saturated heterocycles. The SMILES string of the molecule is CC1(COc2cccc3cccnc23)CO1. The van der Waals surface area contributed by atoms with Crippen LogP contribution < -0.4 is 4.74 Å². The quantitative estimate of drug-likeness (QED) is 0.737. The maximum Gasteiger partial charge on any atom is 0.145 e. The molecule has 1 aromatic heterocycles. The van der Waals surface area contributed by atoms with Crippen LogP contribution in [0.2, 0.25) is 0 Å². The zero-order valence-electron chi connectivity index (χ0n) is 9.14. The average Bonchev–Trinajstić information content (AvgIpc) is 3.05. The van der Waals surface area contributed by atoms with E-state index >= 15 is 0 Å². The molecule has 1 aliphatic rings. The zero-order chi connectivity index (χ0) is 11.0. The van der Waals surface area contributed by atoms with Gasteiger partial charge in [-0.3, -0.25) is 4.98 Å². The Hall–Kier alpha value is -1.61. The Morgan fingerprint density at radius 1 is 1.38 bits per heavy atom. The number of epoxide rings is 1. The molecular formula is C13H13NO2. The van der Waals surface area contributed by atoms with E-state index in [9.17, 15) is 0 Å². The van der Waals surface area contributed by atoms with Crippen molar-refractivity contribution in [3.05, 3.63) is 36.5 Å². The standard InChI is InChI=1S/C13H13NO2/c1-13(9-16-13)8-15-11-6-2-4-10-5-3-7-14-12(10)11/h2-7H,8-9H2,1H3. The molecule has 1 fully saturated rings. The summed E-state index contributed by atoms with van der Waals surface area (Å²) < 4.78 is 11.0. The van der Waals surface area contributed by atoms with Gasteiger partial charge in [0.15, 0.2) is 0 Å². The van der Waals surface area contributed by atoms with Crippen molar-refractivity contribution >= 4 is 10.9 Å². The monoisotopic (exact) mass is 215 g/mol. The first kappa shape index (κ1) is 9.60. The predicted molar refractivity (Wildman–Crippen MR) is 61.6 cm³/mol. The fourth-order valence-electron chi connectivity index (χ4n) is 1.63. The molecule has 3 rings (SSSR count). The summed E-state index contributed by atoms with van der Waals surface area (Å²) in [6.07, 6.45) is 1.78. The van der Waals surface area contributed by atoms with Crippen molar-refractivity contribution in [1.29, 1.82) is 0 Å². The molecule has 2 aromatic rings. The Labute approximate surface area is 94.0 Å². The molecule has 2 heterocycles. The van der Waals surface area contributed by atoms with Crippen LogP contribution in [-0.2, 0) is 4.74 Å². The third-order valence-corrected chi connectivity index (χ3v) is 2.77. The van der Waals surface area contributed by atoms with Gasteiger partial charge in [-0.2, -0.15) is 0 Å². The number of hydrogen-bond acceptors (Lipinski definition) is 3. The summed E-state index contributed by atoms with van der Waals surface area (Å²) in [5.41, 5.74) is 0.825. The van der Waals surface area contributed by atoms with E-state index in [1.807, 2.05) is 37.3 Å². The van der Waals surface area contributed by atoms with Gasteiger partial charge in [-0.15, -0.1) is 0 Å². The molecule has 0 bridgehead atoms. The summed E-state index contributed by atoms with van der Waals surface area (Å²) >= 11 is 0. The molecule has 0 radical (unpaired) electrons. The van der Waals surface area contributed by atoms with E-state index in [2.05, 4.69) is 4.98 Å². The van der Waals surface area contributed by atoms with Gasteiger partial charge >= 0.3 is 0 Å². The summed E-state index contributed by atoms with van der Waals surface area (Å²) in [5.74, 6) is 0.829. The number of benzene rings is 1. The molecule has 16 heavy (non-hydrogen) atoms. The third kappa shape index (κ3) is 1.74. The van der Waals surface area contributed by atoms with Crippen LogP contribution in [0.3, 0.4) is 0 Å². The lowest BCUT2D eigenvalue weighted by Crippen LogP contribution is -2.17. The molecule has 3 nitrogen and oxygen atoms in total. The van der Waals surface area contributed by atoms with Crippen molar-refractivity contribution in [2.45, 2.75) is 12.5 Å². The number of rotatable bonds is 3. The van der Waals surface area contributed by atoms with Gasteiger partial charge in [0.05, 0.1) is 6.61 Å². The van der Waals surface area contributed by atoms with E-state index in [0.29, 0.717) is 6.61 Å².